The molecule has 0 aliphatic carbocycles. The molecule has 0 unspecified atom stereocenters. The van der Waals surface area contributed by atoms with Crippen LogP contribution in [0.2, 0.25) is 0 Å². The monoisotopic (exact) mass is 253 g/mol. The fraction of sp³-hybridized carbons (Fsp3) is 0.667. The quantitative estimate of drug-likeness (QED) is 0.889. The lowest BCUT2D eigenvalue weighted by Crippen LogP contribution is -2.43. The summed E-state index contributed by atoms with van der Waals surface area (Å²) in [6, 6.07) is 0.534. The highest BCUT2D eigenvalue weighted by atomic mass is 32.1. The van der Waals surface area contributed by atoms with Crippen molar-refractivity contribution < 1.29 is 4.79 Å². The number of hydrogen-bond donors (Lipinski definition) is 1. The van der Waals surface area contributed by atoms with Crippen LogP contribution in [-0.4, -0.2) is 34.9 Å². The Morgan fingerprint density at radius 1 is 1.59 bits per heavy atom. The van der Waals surface area contributed by atoms with Gasteiger partial charge in [0.15, 0.2) is 0 Å². The number of nitrogens with one attached hydrogen (secondary N) is 1. The molecular formula is C12H19N3OS. The van der Waals surface area contributed by atoms with Gasteiger partial charge in [0.1, 0.15) is 0 Å². The van der Waals surface area contributed by atoms with Crippen LogP contribution in [0.3, 0.4) is 0 Å². The zero-order valence-corrected chi connectivity index (χ0v) is 11.2. The standard InChI is InChI=1S/C12H19N3OS/c1-9-12(17-8-14-9)7-13-11-3-5-15(6-4-11)10(2)16/h8,11,13H,3-7H2,1-2H3. The van der Waals surface area contributed by atoms with E-state index in [9.17, 15) is 4.79 Å². The second-order valence-corrected chi connectivity index (χ2v) is 5.46. The molecule has 1 aromatic rings. The highest BCUT2D eigenvalue weighted by Gasteiger charge is 2.20. The molecule has 4 nitrogen and oxygen atoms in total. The molecule has 0 spiro atoms. The highest BCUT2D eigenvalue weighted by molar-refractivity contribution is 7.09. The Bertz CT molecular complexity index is 383. The van der Waals surface area contributed by atoms with E-state index in [-0.39, 0.29) is 5.91 Å². The number of thiazole rings is 1. The lowest BCUT2D eigenvalue weighted by molar-refractivity contribution is -0.129. The van der Waals surface area contributed by atoms with Gasteiger partial charge in [-0.05, 0) is 19.8 Å². The molecule has 1 aliphatic heterocycles. The number of aromatic nitrogens is 1. The van der Waals surface area contributed by atoms with Gasteiger partial charge >= 0.3 is 0 Å². The third-order valence-electron chi connectivity index (χ3n) is 3.34. The fourth-order valence-corrected chi connectivity index (χ4v) is 2.86. The third-order valence-corrected chi connectivity index (χ3v) is 4.27. The molecule has 1 saturated heterocycles. The molecule has 5 heteroatoms. The Morgan fingerprint density at radius 2 is 2.29 bits per heavy atom. The predicted octanol–water partition coefficient (Wildman–Crippen LogP) is 1.55. The normalized spacial score (nSPS) is 17.4. The van der Waals surface area contributed by atoms with Crippen molar-refractivity contribution in [3.8, 4) is 0 Å². The molecule has 0 aromatic carbocycles. The van der Waals surface area contributed by atoms with Crippen molar-refractivity contribution in [1.82, 2.24) is 15.2 Å². The average Bonchev–Trinajstić information content (AvgIpc) is 2.73. The minimum atomic E-state index is 0.196. The molecule has 1 fully saturated rings. The van der Waals surface area contributed by atoms with Crippen molar-refractivity contribution in [2.24, 2.45) is 0 Å². The fourth-order valence-electron chi connectivity index (χ4n) is 2.13. The first kappa shape index (κ1) is 12.5. The van der Waals surface area contributed by atoms with Crippen molar-refractivity contribution >= 4 is 17.2 Å². The molecule has 1 aromatic heterocycles. The van der Waals surface area contributed by atoms with Gasteiger partial charge in [0.25, 0.3) is 0 Å². The van der Waals surface area contributed by atoms with Crippen LogP contribution in [-0.2, 0) is 11.3 Å². The predicted molar refractivity (Wildman–Crippen MR) is 69.0 cm³/mol. The van der Waals surface area contributed by atoms with Crippen LogP contribution in [0.25, 0.3) is 0 Å². The van der Waals surface area contributed by atoms with Gasteiger partial charge < -0.3 is 10.2 Å². The first-order chi connectivity index (χ1) is 8.16. The zero-order valence-electron chi connectivity index (χ0n) is 10.4. The first-order valence-corrected chi connectivity index (χ1v) is 6.92. The lowest BCUT2D eigenvalue weighted by Gasteiger charge is -2.31. The lowest BCUT2D eigenvalue weighted by atomic mass is 10.1. The molecule has 1 N–H and O–H groups in total. The van der Waals surface area contributed by atoms with E-state index >= 15 is 0 Å². The highest BCUT2D eigenvalue weighted by Crippen LogP contribution is 2.14. The van der Waals surface area contributed by atoms with Crippen LogP contribution in [0.15, 0.2) is 5.51 Å². The van der Waals surface area contributed by atoms with E-state index in [0.717, 1.165) is 38.2 Å². The number of nitrogens with zero attached hydrogens (tertiary/aromatic N) is 2. The van der Waals surface area contributed by atoms with Crippen LogP contribution < -0.4 is 5.32 Å². The molecule has 0 saturated carbocycles. The largest absolute Gasteiger partial charge is 0.343 e. The molecule has 0 bridgehead atoms. The number of carbonyl (C=O) groups excluding carboxylic acids is 1. The Morgan fingerprint density at radius 3 is 2.82 bits per heavy atom. The Hall–Kier alpha value is -0.940. The van der Waals surface area contributed by atoms with Gasteiger partial charge in [0.05, 0.1) is 11.2 Å². The SMILES string of the molecule is CC(=O)N1CCC(NCc2scnc2C)CC1. The van der Waals surface area contributed by atoms with E-state index in [1.807, 2.05) is 17.3 Å². The molecule has 1 aliphatic rings. The number of rotatable bonds is 3. The van der Waals surface area contributed by atoms with Crippen molar-refractivity contribution in [2.75, 3.05) is 13.1 Å². The molecular weight excluding hydrogens is 234 g/mol. The molecule has 0 radical (unpaired) electrons. The van der Waals surface area contributed by atoms with Gasteiger partial charge in [-0.15, -0.1) is 11.3 Å². The van der Waals surface area contributed by atoms with Gasteiger partial charge in [-0.2, -0.15) is 0 Å². The maximum absolute atomic E-state index is 11.2. The summed E-state index contributed by atoms with van der Waals surface area (Å²) >= 11 is 1.71. The number of piperidine rings is 1. The van der Waals surface area contributed by atoms with Crippen LogP contribution in [0.5, 0.6) is 0 Å². The van der Waals surface area contributed by atoms with Crippen LogP contribution in [0.1, 0.15) is 30.3 Å². The average molecular weight is 253 g/mol. The molecule has 17 heavy (non-hydrogen) atoms. The van der Waals surface area contributed by atoms with Crippen LogP contribution in [0, 0.1) is 6.92 Å². The number of amides is 1. The van der Waals surface area contributed by atoms with Crippen molar-refractivity contribution in [2.45, 2.75) is 39.3 Å². The number of carbonyl (C=O) groups is 1. The van der Waals surface area contributed by atoms with E-state index in [1.54, 1.807) is 18.3 Å². The second kappa shape index (κ2) is 5.60. The number of hydrogen-bond acceptors (Lipinski definition) is 4. The van der Waals surface area contributed by atoms with Crippen molar-refractivity contribution in [3.63, 3.8) is 0 Å². The summed E-state index contributed by atoms with van der Waals surface area (Å²) in [6.45, 7) is 6.37. The summed E-state index contributed by atoms with van der Waals surface area (Å²) in [7, 11) is 0. The van der Waals surface area contributed by atoms with E-state index in [4.69, 9.17) is 0 Å². The summed E-state index contributed by atoms with van der Waals surface area (Å²) in [4.78, 5) is 18.7. The molecule has 2 heterocycles. The summed E-state index contributed by atoms with van der Waals surface area (Å²) in [5.41, 5.74) is 3.02. The Labute approximate surface area is 106 Å². The first-order valence-electron chi connectivity index (χ1n) is 6.04. The van der Waals surface area contributed by atoms with Gasteiger partial charge in [-0.25, -0.2) is 4.98 Å². The zero-order chi connectivity index (χ0) is 12.3. The minimum Gasteiger partial charge on any atom is -0.343 e. The Kier molecular flexibility index (Phi) is 4.12. The van der Waals surface area contributed by atoms with Crippen LogP contribution >= 0.6 is 11.3 Å². The maximum Gasteiger partial charge on any atom is 0.219 e. The van der Waals surface area contributed by atoms with E-state index < -0.39 is 0 Å². The third kappa shape index (κ3) is 3.26. The van der Waals surface area contributed by atoms with Crippen molar-refractivity contribution in [1.29, 1.82) is 0 Å². The van der Waals surface area contributed by atoms with Crippen molar-refractivity contribution in [3.05, 3.63) is 16.1 Å². The smallest absolute Gasteiger partial charge is 0.219 e. The summed E-state index contributed by atoms with van der Waals surface area (Å²) in [5.74, 6) is 0.196. The van der Waals surface area contributed by atoms with Gasteiger partial charge in [0.2, 0.25) is 5.91 Å². The maximum atomic E-state index is 11.2. The topological polar surface area (TPSA) is 45.2 Å². The minimum absolute atomic E-state index is 0.196. The summed E-state index contributed by atoms with van der Waals surface area (Å²) < 4.78 is 0. The molecule has 2 rings (SSSR count). The van der Waals surface area contributed by atoms with Gasteiger partial charge in [0, 0.05) is 37.5 Å². The van der Waals surface area contributed by atoms with Crippen LogP contribution in [0.4, 0.5) is 0 Å². The Balaban J connectivity index is 1.75. The molecule has 1 amide bonds. The summed E-state index contributed by atoms with van der Waals surface area (Å²) in [6.07, 6.45) is 2.11. The van der Waals surface area contributed by atoms with Gasteiger partial charge in [-0.1, -0.05) is 0 Å². The van der Waals surface area contributed by atoms with E-state index in [2.05, 4.69) is 10.3 Å². The number of likely N-dealkylation sites (tertiary alicyclic amines) is 1. The molecule has 94 valence electrons. The van der Waals surface area contributed by atoms with Gasteiger partial charge in [-0.3, -0.25) is 4.79 Å². The second-order valence-electron chi connectivity index (χ2n) is 4.52. The van der Waals surface area contributed by atoms with E-state index in [1.165, 1.54) is 4.88 Å². The molecule has 0 atom stereocenters. The van der Waals surface area contributed by atoms with E-state index in [0.29, 0.717) is 6.04 Å². The summed E-state index contributed by atoms with van der Waals surface area (Å²) in [5, 5.41) is 3.56. The number of aryl methyl sites for hydroxylation is 1.